The van der Waals surface area contributed by atoms with Gasteiger partial charge in [0.15, 0.2) is 0 Å². The van der Waals surface area contributed by atoms with Gasteiger partial charge in [-0.25, -0.2) is 0 Å². The standard InChI is InChI=1S/C16H20O3/c1-16(12-4-6-15(17)19-16)11-3-5-13-7-9-14(18-2)10-8-13/h3,5,7-10H,4,6,11-12H2,1-2H3/b5-3+. The maximum Gasteiger partial charge on any atom is 0.306 e. The molecule has 1 atom stereocenters. The van der Waals surface area contributed by atoms with E-state index in [-0.39, 0.29) is 11.6 Å². The van der Waals surface area contributed by atoms with Crippen molar-refractivity contribution in [2.24, 2.45) is 0 Å². The van der Waals surface area contributed by atoms with E-state index < -0.39 is 0 Å². The molecule has 2 rings (SSSR count). The molecule has 0 spiro atoms. The minimum atomic E-state index is -0.335. The molecule has 1 aromatic rings. The van der Waals surface area contributed by atoms with E-state index >= 15 is 0 Å². The molecule has 3 nitrogen and oxygen atoms in total. The topological polar surface area (TPSA) is 35.5 Å². The van der Waals surface area contributed by atoms with E-state index in [1.54, 1.807) is 7.11 Å². The highest BCUT2D eigenvalue weighted by molar-refractivity contribution is 5.70. The predicted molar refractivity (Wildman–Crippen MR) is 75.0 cm³/mol. The molecular weight excluding hydrogens is 240 g/mol. The number of carbonyl (C=O) groups is 1. The molecule has 0 radical (unpaired) electrons. The summed E-state index contributed by atoms with van der Waals surface area (Å²) in [5, 5.41) is 0. The molecule has 102 valence electrons. The van der Waals surface area contributed by atoms with Crippen LogP contribution in [-0.4, -0.2) is 18.7 Å². The summed E-state index contributed by atoms with van der Waals surface area (Å²) in [7, 11) is 1.66. The summed E-state index contributed by atoms with van der Waals surface area (Å²) in [6.45, 7) is 2.00. The van der Waals surface area contributed by atoms with Crippen molar-refractivity contribution in [3.8, 4) is 5.75 Å². The van der Waals surface area contributed by atoms with Gasteiger partial charge in [-0.2, -0.15) is 0 Å². The second-order valence-electron chi connectivity index (χ2n) is 5.16. The highest BCUT2D eigenvalue weighted by Gasteiger charge is 2.31. The van der Waals surface area contributed by atoms with E-state index in [2.05, 4.69) is 6.08 Å². The first-order chi connectivity index (χ1) is 9.11. The van der Waals surface area contributed by atoms with Crippen LogP contribution < -0.4 is 4.74 Å². The number of carbonyl (C=O) groups excluding carboxylic acids is 1. The van der Waals surface area contributed by atoms with Gasteiger partial charge >= 0.3 is 5.97 Å². The van der Waals surface area contributed by atoms with E-state index in [0.717, 1.165) is 30.6 Å². The first-order valence-electron chi connectivity index (χ1n) is 6.64. The van der Waals surface area contributed by atoms with Crippen LogP contribution in [0.3, 0.4) is 0 Å². The summed E-state index contributed by atoms with van der Waals surface area (Å²) in [5.41, 5.74) is 0.782. The van der Waals surface area contributed by atoms with Crippen LogP contribution in [0.5, 0.6) is 5.75 Å². The number of ether oxygens (including phenoxy) is 2. The quantitative estimate of drug-likeness (QED) is 0.776. The second-order valence-corrected chi connectivity index (χ2v) is 5.16. The number of hydrogen-bond donors (Lipinski definition) is 0. The molecule has 0 bridgehead atoms. The Morgan fingerprint density at radius 1 is 1.37 bits per heavy atom. The molecule has 3 heteroatoms. The highest BCUT2D eigenvalue weighted by atomic mass is 16.6. The van der Waals surface area contributed by atoms with Crippen LogP contribution in [0.15, 0.2) is 30.3 Å². The molecule has 0 N–H and O–H groups in total. The zero-order valence-electron chi connectivity index (χ0n) is 11.5. The lowest BCUT2D eigenvalue weighted by Crippen LogP contribution is -2.35. The first-order valence-corrected chi connectivity index (χ1v) is 6.64. The van der Waals surface area contributed by atoms with E-state index in [1.165, 1.54) is 0 Å². The van der Waals surface area contributed by atoms with Gasteiger partial charge in [-0.15, -0.1) is 0 Å². The largest absolute Gasteiger partial charge is 0.497 e. The summed E-state index contributed by atoms with van der Waals surface area (Å²) < 4.78 is 10.6. The Bertz CT molecular complexity index is 461. The fraction of sp³-hybridized carbons (Fsp3) is 0.438. The van der Waals surface area contributed by atoms with Crippen molar-refractivity contribution in [2.45, 2.75) is 38.2 Å². The van der Waals surface area contributed by atoms with Crippen molar-refractivity contribution < 1.29 is 14.3 Å². The van der Waals surface area contributed by atoms with Crippen LogP contribution in [0.25, 0.3) is 6.08 Å². The molecule has 0 saturated carbocycles. The van der Waals surface area contributed by atoms with Crippen LogP contribution >= 0.6 is 0 Å². The third-order valence-electron chi connectivity index (χ3n) is 3.42. The molecule has 0 aromatic heterocycles. The number of hydrogen-bond acceptors (Lipinski definition) is 3. The number of cyclic esters (lactones) is 1. The Balaban J connectivity index is 1.93. The maximum absolute atomic E-state index is 11.3. The molecule has 1 aromatic carbocycles. The number of rotatable bonds is 4. The van der Waals surface area contributed by atoms with Crippen molar-refractivity contribution in [3.63, 3.8) is 0 Å². The van der Waals surface area contributed by atoms with Gasteiger partial charge in [0.25, 0.3) is 0 Å². The average Bonchev–Trinajstić information content (AvgIpc) is 2.39. The number of esters is 1. The van der Waals surface area contributed by atoms with Gasteiger partial charge in [0, 0.05) is 12.8 Å². The Kier molecular flexibility index (Phi) is 4.25. The SMILES string of the molecule is COc1ccc(/C=C/CC2(C)CCCC(=O)O2)cc1. The van der Waals surface area contributed by atoms with E-state index in [1.807, 2.05) is 37.3 Å². The second kappa shape index (κ2) is 5.91. The lowest BCUT2D eigenvalue weighted by Gasteiger charge is -2.32. The molecule has 1 unspecified atom stereocenters. The fourth-order valence-electron chi connectivity index (χ4n) is 2.29. The number of methoxy groups -OCH3 is 1. The van der Waals surface area contributed by atoms with Gasteiger partial charge < -0.3 is 9.47 Å². The molecule has 1 heterocycles. The minimum Gasteiger partial charge on any atom is -0.497 e. The van der Waals surface area contributed by atoms with Crippen LogP contribution in [0.1, 0.15) is 38.2 Å². The molecular formula is C16H20O3. The van der Waals surface area contributed by atoms with Crippen molar-refractivity contribution in [3.05, 3.63) is 35.9 Å². The normalized spacial score (nSPS) is 23.4. The Labute approximate surface area is 114 Å². The molecule has 19 heavy (non-hydrogen) atoms. The van der Waals surface area contributed by atoms with E-state index in [9.17, 15) is 4.79 Å². The van der Waals surface area contributed by atoms with Crippen molar-refractivity contribution in [1.29, 1.82) is 0 Å². The lowest BCUT2D eigenvalue weighted by atomic mass is 9.92. The van der Waals surface area contributed by atoms with E-state index in [0.29, 0.717) is 6.42 Å². The average molecular weight is 260 g/mol. The van der Waals surface area contributed by atoms with Gasteiger partial charge in [-0.1, -0.05) is 24.3 Å². The Morgan fingerprint density at radius 3 is 2.74 bits per heavy atom. The summed E-state index contributed by atoms with van der Waals surface area (Å²) in [4.78, 5) is 11.3. The Morgan fingerprint density at radius 2 is 2.11 bits per heavy atom. The molecule has 1 aliphatic rings. The fourth-order valence-corrected chi connectivity index (χ4v) is 2.29. The smallest absolute Gasteiger partial charge is 0.306 e. The molecule has 1 aliphatic heterocycles. The predicted octanol–water partition coefficient (Wildman–Crippen LogP) is 3.58. The van der Waals surface area contributed by atoms with Gasteiger partial charge in [-0.05, 0) is 37.5 Å². The molecule has 1 fully saturated rings. The molecule has 0 aliphatic carbocycles. The lowest BCUT2D eigenvalue weighted by molar-refractivity contribution is -0.164. The Hall–Kier alpha value is -1.77. The third-order valence-corrected chi connectivity index (χ3v) is 3.42. The van der Waals surface area contributed by atoms with Crippen molar-refractivity contribution in [2.75, 3.05) is 7.11 Å². The van der Waals surface area contributed by atoms with Crippen LogP contribution in [0, 0.1) is 0 Å². The van der Waals surface area contributed by atoms with Crippen LogP contribution in [0.2, 0.25) is 0 Å². The van der Waals surface area contributed by atoms with Gasteiger partial charge in [0.05, 0.1) is 7.11 Å². The van der Waals surface area contributed by atoms with Crippen molar-refractivity contribution in [1.82, 2.24) is 0 Å². The summed E-state index contributed by atoms with van der Waals surface area (Å²) in [6, 6.07) is 7.87. The van der Waals surface area contributed by atoms with Gasteiger partial charge in [-0.3, -0.25) is 4.79 Å². The monoisotopic (exact) mass is 260 g/mol. The van der Waals surface area contributed by atoms with Gasteiger partial charge in [0.1, 0.15) is 11.4 Å². The van der Waals surface area contributed by atoms with E-state index in [4.69, 9.17) is 9.47 Å². The minimum absolute atomic E-state index is 0.0772. The first kappa shape index (κ1) is 13.7. The summed E-state index contributed by atoms with van der Waals surface area (Å²) in [6.07, 6.45) is 7.29. The molecule has 0 amide bonds. The highest BCUT2D eigenvalue weighted by Crippen LogP contribution is 2.29. The summed E-state index contributed by atoms with van der Waals surface area (Å²) in [5.74, 6) is 0.775. The van der Waals surface area contributed by atoms with Crippen LogP contribution in [0.4, 0.5) is 0 Å². The number of benzene rings is 1. The zero-order chi connectivity index (χ0) is 13.7. The molecule has 1 saturated heterocycles. The van der Waals surface area contributed by atoms with Crippen LogP contribution in [-0.2, 0) is 9.53 Å². The zero-order valence-corrected chi connectivity index (χ0v) is 11.5. The van der Waals surface area contributed by atoms with Gasteiger partial charge in [0.2, 0.25) is 0 Å². The van der Waals surface area contributed by atoms with Crippen molar-refractivity contribution >= 4 is 12.0 Å². The maximum atomic E-state index is 11.3. The summed E-state index contributed by atoms with van der Waals surface area (Å²) >= 11 is 0. The third kappa shape index (κ3) is 3.85.